The molecule has 2 aliphatic rings. The fraction of sp³-hybridized carbons (Fsp3) is 0.458. The first-order valence-corrected chi connectivity index (χ1v) is 12.5. The molecule has 2 aromatic carbocycles. The second kappa shape index (κ2) is 9.19. The lowest BCUT2D eigenvalue weighted by Crippen LogP contribution is -2.38. The number of hydrogen-bond acceptors (Lipinski definition) is 4. The number of carboxylic acids is 1. The molecule has 2 unspecified atom stereocenters. The maximum absolute atomic E-state index is 13.2. The summed E-state index contributed by atoms with van der Waals surface area (Å²) >= 11 is 0. The number of fused-ring (bicyclic) bond motifs is 2. The van der Waals surface area contributed by atoms with Gasteiger partial charge >= 0.3 is 5.97 Å². The van der Waals surface area contributed by atoms with Gasteiger partial charge in [-0.25, -0.2) is 22.3 Å². The lowest BCUT2D eigenvalue weighted by molar-refractivity contribution is -0.139. The van der Waals surface area contributed by atoms with Crippen molar-refractivity contribution in [2.45, 2.75) is 68.7 Å². The normalized spacial score (nSPS) is 19.0. The molecule has 0 saturated heterocycles. The Morgan fingerprint density at radius 2 is 1.84 bits per heavy atom. The third-order valence-electron chi connectivity index (χ3n) is 6.46. The highest BCUT2D eigenvalue weighted by Gasteiger charge is 2.34. The number of rotatable bonds is 7. The third kappa shape index (κ3) is 4.66. The lowest BCUT2D eigenvalue weighted by atomic mass is 9.75. The molecule has 6 nitrogen and oxygen atoms in total. The number of aliphatic carboxylic acids is 1. The summed E-state index contributed by atoms with van der Waals surface area (Å²) in [5.41, 5.74) is 4.34. The minimum atomic E-state index is -3.84. The van der Waals surface area contributed by atoms with E-state index in [-0.39, 0.29) is 10.8 Å². The Balaban J connectivity index is 1.70. The van der Waals surface area contributed by atoms with Gasteiger partial charge in [0.2, 0.25) is 10.0 Å². The molecule has 2 N–H and O–H groups in total. The Hall–Kier alpha value is -2.45. The molecular weight excluding hydrogens is 433 g/mol. The van der Waals surface area contributed by atoms with E-state index in [0.29, 0.717) is 5.75 Å². The Morgan fingerprint density at radius 1 is 1.16 bits per heavy atom. The number of aryl methyl sites for hydroxylation is 2. The van der Waals surface area contributed by atoms with Gasteiger partial charge in [0.15, 0.2) is 6.61 Å². The zero-order valence-electron chi connectivity index (χ0n) is 18.1. The summed E-state index contributed by atoms with van der Waals surface area (Å²) in [5.74, 6) is -1.05. The van der Waals surface area contributed by atoms with Crippen molar-refractivity contribution >= 4 is 16.0 Å². The Labute approximate surface area is 187 Å². The quantitative estimate of drug-likeness (QED) is 0.651. The van der Waals surface area contributed by atoms with Crippen molar-refractivity contribution in [3.63, 3.8) is 0 Å². The van der Waals surface area contributed by atoms with Crippen LogP contribution in [0.4, 0.5) is 4.39 Å². The molecule has 0 bridgehead atoms. The van der Waals surface area contributed by atoms with Gasteiger partial charge in [-0.05, 0) is 92.8 Å². The zero-order valence-corrected chi connectivity index (χ0v) is 18.9. The Kier molecular flexibility index (Phi) is 6.53. The molecule has 2 aromatic rings. The highest BCUT2D eigenvalue weighted by Crippen LogP contribution is 2.45. The lowest BCUT2D eigenvalue weighted by Gasteiger charge is -2.35. The largest absolute Gasteiger partial charge is 0.481 e. The summed E-state index contributed by atoms with van der Waals surface area (Å²) in [6.07, 6.45) is 6.44. The molecular formula is C24H28FNO5S. The fourth-order valence-corrected chi connectivity index (χ4v) is 6.31. The molecule has 32 heavy (non-hydrogen) atoms. The van der Waals surface area contributed by atoms with Crippen LogP contribution in [0.1, 0.15) is 60.8 Å². The topological polar surface area (TPSA) is 92.7 Å². The molecule has 4 rings (SSSR count). The second-order valence-corrected chi connectivity index (χ2v) is 10.4. The number of hydrogen-bond donors (Lipinski definition) is 2. The average Bonchev–Trinajstić information content (AvgIpc) is 2.76. The van der Waals surface area contributed by atoms with E-state index in [0.717, 1.165) is 73.8 Å². The summed E-state index contributed by atoms with van der Waals surface area (Å²) in [6.45, 7) is 1.40. The number of ether oxygens (including phenoxy) is 1. The first-order valence-electron chi connectivity index (χ1n) is 11.1. The van der Waals surface area contributed by atoms with Gasteiger partial charge in [0.25, 0.3) is 0 Å². The molecule has 2 aliphatic carbocycles. The highest BCUT2D eigenvalue weighted by molar-refractivity contribution is 7.89. The molecule has 0 amide bonds. The summed E-state index contributed by atoms with van der Waals surface area (Å²) in [6, 6.07) is 6.51. The van der Waals surface area contributed by atoms with E-state index in [9.17, 15) is 22.7 Å². The molecule has 0 radical (unpaired) electrons. The van der Waals surface area contributed by atoms with Gasteiger partial charge in [-0.2, -0.15) is 0 Å². The third-order valence-corrected chi connectivity index (χ3v) is 8.04. The minimum Gasteiger partial charge on any atom is -0.481 e. The smallest absolute Gasteiger partial charge is 0.341 e. The van der Waals surface area contributed by atoms with E-state index in [4.69, 9.17) is 4.74 Å². The average molecular weight is 462 g/mol. The molecule has 0 saturated carbocycles. The van der Waals surface area contributed by atoms with E-state index in [2.05, 4.69) is 10.8 Å². The number of nitrogens with one attached hydrogen (secondary N) is 1. The van der Waals surface area contributed by atoms with Crippen LogP contribution in [0.5, 0.6) is 5.75 Å². The molecule has 2 atom stereocenters. The summed E-state index contributed by atoms with van der Waals surface area (Å²) < 4.78 is 47.6. The molecule has 8 heteroatoms. The van der Waals surface area contributed by atoms with Gasteiger partial charge in [-0.1, -0.05) is 6.07 Å². The SMILES string of the molecule is CC(NS(=O)(=O)c1ccc(F)cc1)C1CCCc2cc3c(c(OCC(=O)O)c21)CCCC3. The summed E-state index contributed by atoms with van der Waals surface area (Å²) in [4.78, 5) is 11.3. The van der Waals surface area contributed by atoms with Crippen molar-refractivity contribution in [3.8, 4) is 5.75 Å². The van der Waals surface area contributed by atoms with Crippen molar-refractivity contribution in [3.05, 3.63) is 58.4 Å². The van der Waals surface area contributed by atoms with Gasteiger partial charge in [0.1, 0.15) is 11.6 Å². The van der Waals surface area contributed by atoms with Gasteiger partial charge in [-0.15, -0.1) is 0 Å². The van der Waals surface area contributed by atoms with E-state index in [1.807, 2.05) is 6.92 Å². The predicted molar refractivity (Wildman–Crippen MR) is 118 cm³/mol. The van der Waals surface area contributed by atoms with Crippen molar-refractivity contribution in [2.24, 2.45) is 0 Å². The van der Waals surface area contributed by atoms with Crippen LogP contribution in [0.25, 0.3) is 0 Å². The van der Waals surface area contributed by atoms with Crippen molar-refractivity contribution in [1.82, 2.24) is 4.72 Å². The van der Waals surface area contributed by atoms with Gasteiger partial charge in [0, 0.05) is 17.5 Å². The standard InChI is InChI=1S/C24H28FNO5S/c1-15(26-32(29,30)19-11-9-18(25)10-12-19)20-8-4-6-17-13-16-5-2-3-7-21(16)24(23(17)20)31-14-22(27)28/h9-13,15,20,26H,2-8,14H2,1H3,(H,27,28). The molecule has 0 heterocycles. The number of carboxylic acid groups (broad SMARTS) is 1. The van der Waals surface area contributed by atoms with Crippen molar-refractivity contribution in [1.29, 1.82) is 0 Å². The van der Waals surface area contributed by atoms with Gasteiger partial charge in [-0.3, -0.25) is 0 Å². The summed E-state index contributed by atoms with van der Waals surface area (Å²) in [5, 5.41) is 9.21. The fourth-order valence-electron chi connectivity index (χ4n) is 5.02. The molecule has 0 fully saturated rings. The first kappa shape index (κ1) is 22.7. The molecule has 0 aromatic heterocycles. The van der Waals surface area contributed by atoms with Crippen LogP contribution >= 0.6 is 0 Å². The van der Waals surface area contributed by atoms with Crippen LogP contribution in [-0.2, 0) is 34.1 Å². The number of carbonyl (C=O) groups is 1. The monoisotopic (exact) mass is 461 g/mol. The maximum atomic E-state index is 13.2. The second-order valence-electron chi connectivity index (χ2n) is 8.67. The molecule has 172 valence electrons. The van der Waals surface area contributed by atoms with E-state index >= 15 is 0 Å². The van der Waals surface area contributed by atoms with Crippen LogP contribution in [-0.4, -0.2) is 32.1 Å². The predicted octanol–water partition coefficient (Wildman–Crippen LogP) is 3.95. The van der Waals surface area contributed by atoms with Crippen LogP contribution in [0.2, 0.25) is 0 Å². The van der Waals surface area contributed by atoms with Crippen LogP contribution in [0.15, 0.2) is 35.2 Å². The maximum Gasteiger partial charge on any atom is 0.341 e. The van der Waals surface area contributed by atoms with Crippen LogP contribution in [0.3, 0.4) is 0 Å². The molecule has 0 spiro atoms. The highest BCUT2D eigenvalue weighted by atomic mass is 32.2. The zero-order chi connectivity index (χ0) is 22.9. The minimum absolute atomic E-state index is 0.00887. The van der Waals surface area contributed by atoms with Crippen molar-refractivity contribution < 1.29 is 27.4 Å². The van der Waals surface area contributed by atoms with Crippen LogP contribution in [0, 0.1) is 5.82 Å². The van der Waals surface area contributed by atoms with E-state index in [1.54, 1.807) is 0 Å². The van der Waals surface area contributed by atoms with Gasteiger partial charge in [0.05, 0.1) is 4.90 Å². The Bertz CT molecular complexity index is 1110. The van der Waals surface area contributed by atoms with E-state index < -0.39 is 34.5 Å². The number of halogens is 1. The number of benzene rings is 2. The van der Waals surface area contributed by atoms with E-state index in [1.165, 1.54) is 17.7 Å². The summed E-state index contributed by atoms with van der Waals surface area (Å²) in [7, 11) is -3.84. The first-order chi connectivity index (χ1) is 15.3. The van der Waals surface area contributed by atoms with Gasteiger partial charge < -0.3 is 9.84 Å². The molecule has 0 aliphatic heterocycles. The van der Waals surface area contributed by atoms with Crippen molar-refractivity contribution in [2.75, 3.05) is 6.61 Å². The Morgan fingerprint density at radius 3 is 2.56 bits per heavy atom. The van der Waals surface area contributed by atoms with Crippen LogP contribution < -0.4 is 9.46 Å². The number of sulfonamides is 1.